The van der Waals surface area contributed by atoms with Crippen molar-refractivity contribution in [2.45, 2.75) is 18.5 Å². The maximum Gasteiger partial charge on any atom is 0.419 e. The number of oxazole rings is 3. The van der Waals surface area contributed by atoms with Crippen LogP contribution in [0, 0.1) is 0 Å². The molecule has 0 radical (unpaired) electrons. The van der Waals surface area contributed by atoms with Crippen LogP contribution in [0.15, 0.2) is 192 Å². The van der Waals surface area contributed by atoms with Crippen LogP contribution in [-0.2, 0) is 39.7 Å². The molecule has 12 rings (SSSR count). The Kier molecular flexibility index (Phi) is 21.4. The fourth-order valence-corrected chi connectivity index (χ4v) is 9.70. The fourth-order valence-electron chi connectivity index (χ4n) is 9.54. The summed E-state index contributed by atoms with van der Waals surface area (Å²) >= 11 is 5.67. The van der Waals surface area contributed by atoms with Crippen molar-refractivity contribution in [2.75, 3.05) is 53.5 Å². The topological polar surface area (TPSA) is 318 Å². The maximum atomic E-state index is 13.6. The second-order valence-electron chi connectivity index (χ2n) is 21.1. The van der Waals surface area contributed by atoms with Crippen molar-refractivity contribution in [3.05, 3.63) is 234 Å². The molecule has 100 heavy (non-hydrogen) atoms. The summed E-state index contributed by atoms with van der Waals surface area (Å²) in [5, 5.41) is 21.1. The summed E-state index contributed by atoms with van der Waals surface area (Å²) in [6.45, 7) is 0. The fraction of sp³-hybridized carbons (Fsp3) is 0.136. The minimum atomic E-state index is -4.68. The lowest BCUT2D eigenvalue weighted by Gasteiger charge is -2.17. The number of aromatic nitrogens is 6. The molecule has 0 saturated carbocycles. The summed E-state index contributed by atoms with van der Waals surface area (Å²) < 4.78 is 140. The number of carbonyl (C=O) groups is 3. The van der Waals surface area contributed by atoms with Crippen LogP contribution >= 0.6 is 11.6 Å². The Morgan fingerprint density at radius 1 is 0.410 bits per heavy atom. The zero-order valence-corrected chi connectivity index (χ0v) is 53.6. The third-order valence-electron chi connectivity index (χ3n) is 14.5. The number of pyridine rings is 3. The highest BCUT2D eigenvalue weighted by Crippen LogP contribution is 2.41. The number of benzene rings is 6. The van der Waals surface area contributed by atoms with Gasteiger partial charge in [0.2, 0.25) is 0 Å². The third-order valence-corrected chi connectivity index (χ3v) is 14.8. The molecule has 12 aromatic rings. The highest BCUT2D eigenvalue weighted by Gasteiger charge is 2.37. The molecule has 0 saturated heterocycles. The van der Waals surface area contributed by atoms with Crippen LogP contribution in [0.2, 0.25) is 5.15 Å². The number of anilines is 11. The molecule has 34 heteroatoms. The Labute approximate surface area is 562 Å². The normalized spacial score (nSPS) is 11.3. The number of hydrogen-bond donors (Lipinski definition) is 9. The van der Waals surface area contributed by atoms with Crippen LogP contribution in [0.3, 0.4) is 0 Å². The maximum absolute atomic E-state index is 13.6. The lowest BCUT2D eigenvalue weighted by atomic mass is 10.1. The third kappa shape index (κ3) is 16.8. The van der Waals surface area contributed by atoms with Crippen molar-refractivity contribution in [2.24, 2.45) is 21.1 Å². The molecule has 6 aromatic heterocycles. The first-order valence-electron chi connectivity index (χ1n) is 29.1. The zero-order chi connectivity index (χ0) is 72.5. The summed E-state index contributed by atoms with van der Waals surface area (Å²) in [7, 11) is 9.08. The smallest absolute Gasteiger partial charge is 0.408 e. The van der Waals surface area contributed by atoms with E-state index in [9.17, 15) is 68.3 Å². The van der Waals surface area contributed by atoms with Crippen molar-refractivity contribution < 1.29 is 67.1 Å². The zero-order valence-electron chi connectivity index (χ0n) is 52.8. The average Bonchev–Trinajstić information content (AvgIpc) is 1.18. The summed E-state index contributed by atoms with van der Waals surface area (Å²) in [5.41, 5.74) is 7.49. The number of fused-ring (bicyclic) bond motifs is 3. The number of para-hydroxylation sites is 3. The minimum Gasteiger partial charge on any atom is -0.408 e. The summed E-state index contributed by atoms with van der Waals surface area (Å²) in [6.07, 6.45) is -11.9. The number of rotatable bonds is 13. The number of nitrogens with two attached hydrogens (primary N) is 1. The quantitative estimate of drug-likeness (QED) is 0.0294. The number of carbonyl (C=O) groups excluding carboxylic acids is 3. The van der Waals surface area contributed by atoms with Gasteiger partial charge in [0, 0.05) is 108 Å². The molecule has 0 unspecified atom stereocenters. The molecule has 0 fully saturated rings. The van der Waals surface area contributed by atoms with Gasteiger partial charge in [-0.15, -0.1) is 0 Å². The van der Waals surface area contributed by atoms with E-state index in [1.807, 2.05) is 0 Å². The molecule has 24 nitrogen and oxygen atoms in total. The molecule has 10 N–H and O–H groups in total. The van der Waals surface area contributed by atoms with Gasteiger partial charge < -0.3 is 61.5 Å². The highest BCUT2D eigenvalue weighted by molar-refractivity contribution is 6.29. The first-order chi connectivity index (χ1) is 47.3. The molecule has 0 atom stereocenters. The van der Waals surface area contributed by atoms with Crippen molar-refractivity contribution in [1.29, 1.82) is 0 Å². The number of hydrogen-bond acceptors (Lipinski definition) is 18. The van der Waals surface area contributed by atoms with Gasteiger partial charge in [-0.3, -0.25) is 28.1 Å². The molecule has 6 aromatic carbocycles. The predicted octanol–water partition coefficient (Wildman–Crippen LogP) is 13.4. The number of nitrogen functional groups attached to an aromatic ring is 1. The lowest BCUT2D eigenvalue weighted by Crippen LogP contribution is -2.19. The van der Waals surface area contributed by atoms with E-state index in [-0.39, 0.29) is 73.4 Å². The summed E-state index contributed by atoms with van der Waals surface area (Å²) in [6, 6.07) is 36.9. The van der Waals surface area contributed by atoms with E-state index in [1.165, 1.54) is 83.4 Å². The van der Waals surface area contributed by atoms with Crippen molar-refractivity contribution >= 4 is 125 Å². The number of aryl methyl sites for hydroxylation is 3. The Hall–Kier alpha value is -12.6. The molecule has 0 aliphatic heterocycles. The number of amides is 3. The second kappa shape index (κ2) is 29.8. The van der Waals surface area contributed by atoms with Gasteiger partial charge in [0.25, 0.3) is 17.7 Å². The first kappa shape index (κ1) is 71.7. The van der Waals surface area contributed by atoms with Crippen molar-refractivity contribution in [1.82, 2.24) is 44.6 Å². The van der Waals surface area contributed by atoms with E-state index in [0.29, 0.717) is 63.4 Å². The molecule has 6 heterocycles. The van der Waals surface area contributed by atoms with E-state index in [0.717, 1.165) is 11.6 Å². The van der Waals surface area contributed by atoms with Gasteiger partial charge in [0.05, 0.1) is 84.1 Å². The van der Waals surface area contributed by atoms with Gasteiger partial charge in [0.1, 0.15) is 16.8 Å². The molecule has 0 aliphatic rings. The van der Waals surface area contributed by atoms with Gasteiger partial charge in [-0.2, -0.15) is 39.5 Å². The van der Waals surface area contributed by atoms with E-state index in [4.69, 9.17) is 30.6 Å². The predicted molar refractivity (Wildman–Crippen MR) is 357 cm³/mol. The van der Waals surface area contributed by atoms with Gasteiger partial charge in [0.15, 0.2) is 16.7 Å². The summed E-state index contributed by atoms with van der Waals surface area (Å²) in [5.74, 6) is -2.52. The van der Waals surface area contributed by atoms with Crippen LogP contribution in [0.5, 0.6) is 0 Å². The molecule has 0 aliphatic carbocycles. The Balaban J connectivity index is 0.000000164. The van der Waals surface area contributed by atoms with Crippen molar-refractivity contribution in [3.8, 4) is 0 Å². The van der Waals surface area contributed by atoms with Crippen LogP contribution in [0.4, 0.5) is 102 Å². The Morgan fingerprint density at radius 2 is 0.720 bits per heavy atom. The number of halogens is 10. The molecule has 0 bridgehead atoms. The van der Waals surface area contributed by atoms with E-state index in [2.05, 4.69) is 57.5 Å². The first-order valence-corrected chi connectivity index (χ1v) is 29.4. The van der Waals surface area contributed by atoms with Crippen molar-refractivity contribution in [3.63, 3.8) is 0 Å². The highest BCUT2D eigenvalue weighted by atomic mass is 35.5. The molecular weight excluding hydrogens is 1350 g/mol. The molecule has 518 valence electrons. The largest absolute Gasteiger partial charge is 0.419 e. The van der Waals surface area contributed by atoms with Crippen LogP contribution in [0.25, 0.3) is 33.3 Å². The van der Waals surface area contributed by atoms with Crippen LogP contribution < -0.4 is 65.5 Å². The number of nitrogens with zero attached hydrogens (tertiary/aromatic N) is 6. The summed E-state index contributed by atoms with van der Waals surface area (Å²) in [4.78, 5) is 81.5. The van der Waals surface area contributed by atoms with Gasteiger partial charge in [-0.05, 0) is 78.9 Å². The van der Waals surface area contributed by atoms with Gasteiger partial charge in [-0.1, -0.05) is 48.0 Å². The number of nitrogens with one attached hydrogen (secondary N) is 8. The molecule has 0 spiro atoms. The van der Waals surface area contributed by atoms with Gasteiger partial charge >= 0.3 is 35.8 Å². The standard InChI is InChI=1S/2C22H18F3N5O3.C14H11ClF3N3O.C8H8N2O2/c2*1-26-20(31)13-5-3-4-6-15(13)29-16-10-19(27-11-14(16)22(23,24)25)28-12-7-8-17-18(9-12)33-21(32)30(17)2;1-19-13(22)8-4-2-3-5-10(8)21-11-6-12(15)20-7-9(11)14(16,17)18;1-10-6-3-2-5(9)4-7(6)12-8(10)11/h2*3-11H,1-2H3,(H,26,31)(H2,27,28,29);2-7H,1H3,(H,19,22)(H,20,21);2-4H,9H2,1H3. The Morgan fingerprint density at radius 3 is 1.06 bits per heavy atom. The minimum absolute atomic E-state index is 0.0899. The Bertz CT molecular complexity index is 5020. The monoisotopic (exact) mass is 1410 g/mol. The van der Waals surface area contributed by atoms with E-state index < -0.39 is 64.5 Å². The van der Waals surface area contributed by atoms with E-state index >= 15 is 0 Å². The molecule has 3 amide bonds. The van der Waals surface area contributed by atoms with Crippen LogP contribution in [0.1, 0.15) is 47.8 Å². The second-order valence-corrected chi connectivity index (χ2v) is 21.5. The van der Waals surface area contributed by atoms with Gasteiger partial charge in [-0.25, -0.2) is 29.3 Å². The van der Waals surface area contributed by atoms with E-state index in [1.54, 1.807) is 112 Å². The lowest BCUT2D eigenvalue weighted by molar-refractivity contribution is -0.138. The average molecular weight is 1410 g/mol. The SMILES string of the molecule is CNC(=O)c1ccccc1Nc1cc(Cl)ncc1C(F)(F)F.CNC(=O)c1ccccc1Nc1cc(Nc2ccc3c(c2)oc(=O)n3C)ncc1C(F)(F)F.CNC(=O)c1ccccc1Nc1cc(Nc2ccc3c(c2)oc(=O)n3C)ncc1C(F)(F)F.Cn1c(=O)oc2cc(N)ccc21. The number of alkyl halides is 9. The molecular formula is C66H55ClF9N15O9. The van der Waals surface area contributed by atoms with Crippen LogP contribution in [-0.4, -0.2) is 67.5 Å².